The molecule has 0 aliphatic rings. The van der Waals surface area contributed by atoms with Gasteiger partial charge < -0.3 is 0 Å². The van der Waals surface area contributed by atoms with E-state index >= 15 is 0 Å². The molecule has 0 aromatic heterocycles. The summed E-state index contributed by atoms with van der Waals surface area (Å²) in [6.07, 6.45) is 5.25. The summed E-state index contributed by atoms with van der Waals surface area (Å²) >= 11 is 0. The molecular formula is C6H11Zn. The third-order valence-electron chi connectivity index (χ3n) is 0.658. The van der Waals surface area contributed by atoms with Gasteiger partial charge in [0.25, 0.3) is 0 Å². The quantitative estimate of drug-likeness (QED) is 0.327. The van der Waals surface area contributed by atoms with E-state index in [2.05, 4.69) is 13.5 Å². The molecule has 0 saturated carbocycles. The topological polar surface area (TPSA) is 0 Å². The normalized spacial score (nSPS) is 7.00. The second kappa shape index (κ2) is 9.61. The molecule has 1 radical (unpaired) electrons. The molecule has 37 valence electrons. The average Bonchev–Trinajstić information content (AvgIpc) is 1.61. The summed E-state index contributed by atoms with van der Waals surface area (Å²) in [4.78, 5) is 0. The van der Waals surface area contributed by atoms with Crippen LogP contribution in [0.1, 0.15) is 19.3 Å². The molecule has 0 spiro atoms. The Balaban J connectivity index is 0. The van der Waals surface area contributed by atoms with Gasteiger partial charge in [0, 0.05) is 19.5 Å². The molecule has 0 aliphatic heterocycles. The molecule has 0 amide bonds. The molecule has 0 aromatic rings. The zero-order valence-electron chi connectivity index (χ0n) is 4.82. The van der Waals surface area contributed by atoms with Crippen LogP contribution in [-0.2, 0) is 19.5 Å². The maximum atomic E-state index is 3.68. The number of unbranched alkanes of at least 4 members (excludes halogenated alkanes) is 2. The third kappa shape index (κ3) is 10.7. The van der Waals surface area contributed by atoms with Gasteiger partial charge >= 0.3 is 0 Å². The Morgan fingerprint density at radius 2 is 2.00 bits per heavy atom. The molecule has 0 bridgehead atoms. The molecule has 0 nitrogen and oxygen atoms in total. The number of rotatable bonds is 3. The van der Waals surface area contributed by atoms with Crippen LogP contribution in [0.2, 0.25) is 0 Å². The standard InChI is InChI=1S/C6H11.Zn/c1-3-5-6-4-2;/h3H,1-2,4-6H2;. The van der Waals surface area contributed by atoms with Gasteiger partial charge in [0.05, 0.1) is 0 Å². The monoisotopic (exact) mass is 147 g/mol. The van der Waals surface area contributed by atoms with Gasteiger partial charge in [0.15, 0.2) is 0 Å². The Morgan fingerprint density at radius 3 is 2.14 bits per heavy atom. The first kappa shape index (κ1) is 10.4. The number of hydrogen-bond donors (Lipinski definition) is 0. The fraction of sp³-hybridized carbons (Fsp3) is 0.500. The van der Waals surface area contributed by atoms with E-state index in [4.69, 9.17) is 0 Å². The van der Waals surface area contributed by atoms with Gasteiger partial charge in [0.2, 0.25) is 0 Å². The third-order valence-corrected chi connectivity index (χ3v) is 0.658. The van der Waals surface area contributed by atoms with E-state index in [0.717, 1.165) is 12.8 Å². The first-order chi connectivity index (χ1) is 2.91. The minimum atomic E-state index is 0. The van der Waals surface area contributed by atoms with Gasteiger partial charge in [-0.1, -0.05) is 19.4 Å². The van der Waals surface area contributed by atoms with Gasteiger partial charge in [-0.2, -0.15) is 0 Å². The largest absolute Gasteiger partial charge is 0.103 e. The van der Waals surface area contributed by atoms with Crippen molar-refractivity contribution < 1.29 is 19.5 Å². The molecule has 0 fully saturated rings. The van der Waals surface area contributed by atoms with Gasteiger partial charge in [-0.3, -0.25) is 0 Å². The van der Waals surface area contributed by atoms with Crippen molar-refractivity contribution in [1.29, 1.82) is 0 Å². The van der Waals surface area contributed by atoms with Crippen molar-refractivity contribution in [3.63, 3.8) is 0 Å². The van der Waals surface area contributed by atoms with Crippen LogP contribution in [-0.4, -0.2) is 0 Å². The van der Waals surface area contributed by atoms with Crippen LogP contribution >= 0.6 is 0 Å². The Labute approximate surface area is 58.8 Å². The van der Waals surface area contributed by atoms with Gasteiger partial charge in [-0.05, 0) is 12.8 Å². The molecule has 0 aliphatic carbocycles. The van der Waals surface area contributed by atoms with E-state index < -0.39 is 0 Å². The molecule has 7 heavy (non-hydrogen) atoms. The molecule has 0 saturated heterocycles. The van der Waals surface area contributed by atoms with Gasteiger partial charge in [-0.25, -0.2) is 0 Å². The van der Waals surface area contributed by atoms with Crippen molar-refractivity contribution in [2.45, 2.75) is 19.3 Å². The van der Waals surface area contributed by atoms with Crippen LogP contribution in [0.3, 0.4) is 0 Å². The van der Waals surface area contributed by atoms with E-state index in [1.54, 1.807) is 0 Å². The summed E-state index contributed by atoms with van der Waals surface area (Å²) in [5.74, 6) is 0. The van der Waals surface area contributed by atoms with Gasteiger partial charge in [-0.15, -0.1) is 6.58 Å². The summed E-state index contributed by atoms with van der Waals surface area (Å²) in [5, 5.41) is 0. The van der Waals surface area contributed by atoms with Crippen molar-refractivity contribution in [3.05, 3.63) is 19.6 Å². The first-order valence-electron chi connectivity index (χ1n) is 2.32. The number of hydrogen-bond acceptors (Lipinski definition) is 0. The van der Waals surface area contributed by atoms with E-state index in [0.29, 0.717) is 0 Å². The van der Waals surface area contributed by atoms with Crippen LogP contribution in [0.4, 0.5) is 0 Å². The zero-order chi connectivity index (χ0) is 4.83. The van der Waals surface area contributed by atoms with Crippen molar-refractivity contribution in [2.24, 2.45) is 0 Å². The van der Waals surface area contributed by atoms with E-state index in [9.17, 15) is 0 Å². The molecule has 0 unspecified atom stereocenters. The second-order valence-corrected chi connectivity index (χ2v) is 1.28. The van der Waals surface area contributed by atoms with Crippen LogP contribution in [0.25, 0.3) is 0 Å². The maximum absolute atomic E-state index is 3.68. The first-order valence-corrected chi connectivity index (χ1v) is 2.32. The molecule has 0 atom stereocenters. The van der Waals surface area contributed by atoms with Crippen LogP contribution in [0, 0.1) is 6.92 Å². The SMILES string of the molecule is [CH2]CCCC=C.[Zn]. The minimum absolute atomic E-state index is 0. The van der Waals surface area contributed by atoms with Crippen molar-refractivity contribution in [2.75, 3.05) is 0 Å². The molecule has 0 N–H and O–H groups in total. The smallest absolute Gasteiger partial charge is 0 e. The molecule has 0 rings (SSSR count). The summed E-state index contributed by atoms with van der Waals surface area (Å²) in [6, 6.07) is 0. The summed E-state index contributed by atoms with van der Waals surface area (Å²) in [7, 11) is 0. The summed E-state index contributed by atoms with van der Waals surface area (Å²) < 4.78 is 0. The predicted molar refractivity (Wildman–Crippen MR) is 29.4 cm³/mol. The number of allylic oxidation sites excluding steroid dienone is 1. The molecule has 1 heteroatoms. The van der Waals surface area contributed by atoms with Crippen LogP contribution in [0.5, 0.6) is 0 Å². The summed E-state index contributed by atoms with van der Waals surface area (Å²) in [6.45, 7) is 7.25. The molecule has 0 aromatic carbocycles. The second-order valence-electron chi connectivity index (χ2n) is 1.28. The van der Waals surface area contributed by atoms with E-state index in [1.165, 1.54) is 6.42 Å². The fourth-order valence-electron chi connectivity index (χ4n) is 0.289. The van der Waals surface area contributed by atoms with Crippen molar-refractivity contribution in [1.82, 2.24) is 0 Å². The Kier molecular flexibility index (Phi) is 14.2. The average molecular weight is 149 g/mol. The molecular weight excluding hydrogens is 137 g/mol. The van der Waals surface area contributed by atoms with E-state index in [-0.39, 0.29) is 19.5 Å². The minimum Gasteiger partial charge on any atom is -0.103 e. The van der Waals surface area contributed by atoms with Crippen LogP contribution in [0.15, 0.2) is 12.7 Å². The Morgan fingerprint density at radius 1 is 1.43 bits per heavy atom. The van der Waals surface area contributed by atoms with E-state index in [1.807, 2.05) is 6.08 Å². The maximum Gasteiger partial charge on any atom is 0 e. The van der Waals surface area contributed by atoms with Crippen molar-refractivity contribution >= 4 is 0 Å². The predicted octanol–water partition coefficient (Wildman–Crippen LogP) is 2.17. The Bertz CT molecular complexity index is 33.2. The Hall–Kier alpha value is 0.363. The molecule has 0 heterocycles. The van der Waals surface area contributed by atoms with Crippen molar-refractivity contribution in [3.8, 4) is 0 Å². The fourth-order valence-corrected chi connectivity index (χ4v) is 0.289. The zero-order valence-corrected chi connectivity index (χ0v) is 7.79. The van der Waals surface area contributed by atoms with Gasteiger partial charge in [0.1, 0.15) is 0 Å². The summed E-state index contributed by atoms with van der Waals surface area (Å²) in [5.41, 5.74) is 0. The van der Waals surface area contributed by atoms with Crippen LogP contribution < -0.4 is 0 Å².